The fourth-order valence-corrected chi connectivity index (χ4v) is 4.52. The summed E-state index contributed by atoms with van der Waals surface area (Å²) in [7, 11) is 0. The molecule has 1 aliphatic rings. The van der Waals surface area contributed by atoms with E-state index in [0.717, 1.165) is 18.4 Å². The number of carbonyl (C=O) groups is 3. The van der Waals surface area contributed by atoms with Gasteiger partial charge in [0.05, 0.1) is 18.2 Å². The summed E-state index contributed by atoms with van der Waals surface area (Å²) in [6, 6.07) is 7.91. The average molecular weight is 440 g/mol. The number of aromatic nitrogens is 1. The van der Waals surface area contributed by atoms with Gasteiger partial charge in [-0.15, -0.1) is 0 Å². The van der Waals surface area contributed by atoms with E-state index in [1.807, 2.05) is 37.3 Å². The Bertz CT molecular complexity index is 933. The zero-order valence-corrected chi connectivity index (χ0v) is 18.2. The Morgan fingerprint density at radius 2 is 1.81 bits per heavy atom. The Morgan fingerprint density at radius 3 is 2.41 bits per heavy atom. The van der Waals surface area contributed by atoms with Gasteiger partial charge in [0, 0.05) is 23.4 Å². The van der Waals surface area contributed by atoms with Crippen molar-refractivity contribution in [1.82, 2.24) is 10.3 Å². The van der Waals surface area contributed by atoms with Crippen LogP contribution in [0.1, 0.15) is 57.8 Å². The number of hydrogen-bond donors (Lipinski definition) is 1. The summed E-state index contributed by atoms with van der Waals surface area (Å²) in [4.78, 5) is 40.7. The van der Waals surface area contributed by atoms with Gasteiger partial charge >= 0.3 is 0 Å². The molecule has 1 aromatic heterocycles. The van der Waals surface area contributed by atoms with Crippen LogP contribution in [0.4, 0.5) is 0 Å². The molecule has 2 atom stereocenters. The van der Waals surface area contributed by atoms with Crippen LogP contribution < -0.4 is 15.5 Å². The number of carbonyl (C=O) groups excluding carboxylic acids is 3. The topological polar surface area (TPSA) is 135 Å². The lowest BCUT2D eigenvalue weighted by Gasteiger charge is -2.34. The number of nitrogens with one attached hydrogen (secondary N) is 1. The van der Waals surface area contributed by atoms with Crippen LogP contribution in [0.2, 0.25) is 0 Å². The zero-order chi connectivity index (χ0) is 23.1. The second-order valence-corrected chi connectivity index (χ2v) is 8.53. The number of rotatable bonds is 11. The molecule has 1 heterocycles. The van der Waals surface area contributed by atoms with E-state index in [4.69, 9.17) is 4.42 Å². The minimum Gasteiger partial charge on any atom is -0.550 e. The van der Waals surface area contributed by atoms with Crippen molar-refractivity contribution >= 4 is 17.8 Å². The Labute approximate surface area is 187 Å². The van der Waals surface area contributed by atoms with Gasteiger partial charge in [0.1, 0.15) is 0 Å². The van der Waals surface area contributed by atoms with E-state index >= 15 is 0 Å². The van der Waals surface area contributed by atoms with E-state index in [2.05, 4.69) is 10.3 Å². The average Bonchev–Trinajstić information content (AvgIpc) is 3.44. The molecule has 0 saturated heterocycles. The van der Waals surface area contributed by atoms with E-state index < -0.39 is 35.2 Å². The van der Waals surface area contributed by atoms with Crippen LogP contribution in [0.25, 0.3) is 11.3 Å². The van der Waals surface area contributed by atoms with Crippen molar-refractivity contribution in [2.24, 2.45) is 11.3 Å². The minimum atomic E-state index is -1.45. The van der Waals surface area contributed by atoms with Gasteiger partial charge in [-0.05, 0) is 31.6 Å². The standard InChI is InChI=1S/C24H30N2O6/c1-2-8-17(21(27)28)14-24(11-6-7-12-24)23(31)26-18(22(29)30)13-20-25-15-19(32-20)16-9-4-3-5-10-16/h3-5,9-10,15,17-18H,2,6-8,11-14H2,1H3,(H,26,31)(H,27,28)(H,29,30)/p-2/t17-,18-/m1/s1. The van der Waals surface area contributed by atoms with Crippen LogP contribution in [0, 0.1) is 11.3 Å². The molecular weight excluding hydrogens is 412 g/mol. The number of benzene rings is 1. The monoisotopic (exact) mass is 440 g/mol. The van der Waals surface area contributed by atoms with E-state index in [-0.39, 0.29) is 18.7 Å². The van der Waals surface area contributed by atoms with E-state index in [1.165, 1.54) is 6.20 Å². The first-order valence-electron chi connectivity index (χ1n) is 11.1. The molecule has 172 valence electrons. The number of amides is 1. The molecule has 1 N–H and O–H groups in total. The summed E-state index contributed by atoms with van der Waals surface area (Å²) in [5.74, 6) is -3.16. The van der Waals surface area contributed by atoms with Gasteiger partial charge in [0.2, 0.25) is 5.91 Å². The molecule has 1 fully saturated rings. The predicted molar refractivity (Wildman–Crippen MR) is 112 cm³/mol. The highest BCUT2D eigenvalue weighted by molar-refractivity contribution is 5.87. The Balaban J connectivity index is 1.73. The zero-order valence-electron chi connectivity index (χ0n) is 18.2. The first-order valence-corrected chi connectivity index (χ1v) is 11.1. The van der Waals surface area contributed by atoms with Crippen LogP contribution in [0.3, 0.4) is 0 Å². The number of oxazole rings is 1. The van der Waals surface area contributed by atoms with Crippen molar-refractivity contribution in [2.75, 3.05) is 0 Å². The number of hydrogen-bond acceptors (Lipinski definition) is 7. The molecule has 0 aliphatic heterocycles. The van der Waals surface area contributed by atoms with E-state index in [9.17, 15) is 24.6 Å². The van der Waals surface area contributed by atoms with Crippen LogP contribution in [0.5, 0.6) is 0 Å². The van der Waals surface area contributed by atoms with E-state index in [1.54, 1.807) is 0 Å². The molecule has 8 heteroatoms. The van der Waals surface area contributed by atoms with Crippen molar-refractivity contribution in [2.45, 2.75) is 64.3 Å². The Kier molecular flexibility index (Phi) is 7.66. The molecule has 32 heavy (non-hydrogen) atoms. The van der Waals surface area contributed by atoms with Crippen molar-refractivity contribution in [1.29, 1.82) is 0 Å². The number of carboxylic acids is 2. The highest BCUT2D eigenvalue weighted by atomic mass is 16.4. The third-order valence-electron chi connectivity index (χ3n) is 6.23. The normalized spacial score (nSPS) is 16.9. The Morgan fingerprint density at radius 1 is 1.12 bits per heavy atom. The van der Waals surface area contributed by atoms with Crippen LogP contribution in [0.15, 0.2) is 40.9 Å². The Hall–Kier alpha value is -3.16. The lowest BCUT2D eigenvalue weighted by Crippen LogP contribution is -2.53. The molecule has 0 unspecified atom stereocenters. The van der Waals surface area contributed by atoms with Gasteiger partial charge in [-0.1, -0.05) is 56.5 Å². The highest BCUT2D eigenvalue weighted by Gasteiger charge is 2.43. The molecule has 3 rings (SSSR count). The van der Waals surface area contributed by atoms with Crippen LogP contribution in [-0.2, 0) is 20.8 Å². The largest absolute Gasteiger partial charge is 0.550 e. The van der Waals surface area contributed by atoms with Crippen LogP contribution >= 0.6 is 0 Å². The fourth-order valence-electron chi connectivity index (χ4n) is 4.52. The number of nitrogens with zero attached hydrogens (tertiary/aromatic N) is 1. The third-order valence-corrected chi connectivity index (χ3v) is 6.23. The van der Waals surface area contributed by atoms with Gasteiger partial charge < -0.3 is 29.5 Å². The predicted octanol–water partition coefficient (Wildman–Crippen LogP) is 1.24. The summed E-state index contributed by atoms with van der Waals surface area (Å²) in [6.07, 6.45) is 5.16. The first-order chi connectivity index (χ1) is 15.3. The molecule has 0 radical (unpaired) electrons. The van der Waals surface area contributed by atoms with Crippen LogP contribution in [-0.4, -0.2) is 28.9 Å². The summed E-state index contributed by atoms with van der Waals surface area (Å²) in [6.45, 7) is 1.88. The van der Waals surface area contributed by atoms with Crippen molar-refractivity contribution in [3.05, 3.63) is 42.4 Å². The van der Waals surface area contributed by atoms with Gasteiger partial charge in [0.25, 0.3) is 0 Å². The molecule has 2 aromatic rings. The maximum Gasteiger partial charge on any atom is 0.226 e. The molecule has 0 spiro atoms. The fraction of sp³-hybridized carbons (Fsp3) is 0.500. The van der Waals surface area contributed by atoms with Crippen molar-refractivity contribution in [3.63, 3.8) is 0 Å². The van der Waals surface area contributed by atoms with E-state index in [0.29, 0.717) is 31.4 Å². The number of aliphatic carboxylic acids is 2. The third kappa shape index (κ3) is 5.55. The maximum atomic E-state index is 13.2. The summed E-state index contributed by atoms with van der Waals surface area (Å²) >= 11 is 0. The SMILES string of the molecule is CCC[C@H](CC1(C(=O)N[C@H](Cc2ncc(-c3ccccc3)o2)C(=O)[O-])CCCC1)C(=O)[O-]. The second-order valence-electron chi connectivity index (χ2n) is 8.53. The molecule has 8 nitrogen and oxygen atoms in total. The molecule has 1 saturated carbocycles. The molecular formula is C24H28N2O6-2. The van der Waals surface area contributed by atoms with Crippen molar-refractivity contribution in [3.8, 4) is 11.3 Å². The molecule has 1 aliphatic carbocycles. The molecule has 1 amide bonds. The van der Waals surface area contributed by atoms with Gasteiger partial charge in [0.15, 0.2) is 11.7 Å². The van der Waals surface area contributed by atoms with Gasteiger partial charge in [-0.2, -0.15) is 0 Å². The first kappa shape index (κ1) is 23.5. The summed E-state index contributed by atoms with van der Waals surface area (Å²) < 4.78 is 5.67. The summed E-state index contributed by atoms with van der Waals surface area (Å²) in [5, 5.41) is 25.9. The molecule has 1 aromatic carbocycles. The molecule has 0 bridgehead atoms. The second kappa shape index (κ2) is 10.4. The quantitative estimate of drug-likeness (QED) is 0.555. The lowest BCUT2D eigenvalue weighted by atomic mass is 9.75. The number of carboxylic acid groups (broad SMARTS) is 2. The smallest absolute Gasteiger partial charge is 0.226 e. The van der Waals surface area contributed by atoms with Gasteiger partial charge in [-0.3, -0.25) is 4.79 Å². The summed E-state index contributed by atoms with van der Waals surface area (Å²) in [5.41, 5.74) is -0.117. The van der Waals surface area contributed by atoms with Gasteiger partial charge in [-0.25, -0.2) is 4.98 Å². The lowest BCUT2D eigenvalue weighted by molar-refractivity contribution is -0.313. The minimum absolute atomic E-state index is 0.145. The highest BCUT2D eigenvalue weighted by Crippen LogP contribution is 2.44. The van der Waals surface area contributed by atoms with Crippen molar-refractivity contribution < 1.29 is 29.0 Å². The maximum absolute atomic E-state index is 13.2.